The first-order valence-electron chi connectivity index (χ1n) is 5.76. The van der Waals surface area contributed by atoms with Gasteiger partial charge >= 0.3 is 0 Å². The van der Waals surface area contributed by atoms with E-state index in [1.807, 2.05) is 24.3 Å². The number of nitrogens with zero attached hydrogens (tertiary/aromatic N) is 1. The van der Waals surface area contributed by atoms with Crippen LogP contribution < -0.4 is 4.74 Å². The van der Waals surface area contributed by atoms with E-state index in [0.717, 1.165) is 22.9 Å². The van der Waals surface area contributed by atoms with Gasteiger partial charge in [-0.1, -0.05) is 12.1 Å². The lowest BCUT2D eigenvalue weighted by molar-refractivity contribution is 0.111. The molecule has 2 aromatic rings. The second-order valence-electron chi connectivity index (χ2n) is 4.38. The van der Waals surface area contributed by atoms with Gasteiger partial charge < -0.3 is 4.74 Å². The van der Waals surface area contributed by atoms with Crippen molar-refractivity contribution in [1.82, 2.24) is 4.98 Å². The van der Waals surface area contributed by atoms with Gasteiger partial charge in [-0.25, -0.2) is 4.98 Å². The number of pyridine rings is 1. The molecule has 0 saturated heterocycles. The Morgan fingerprint density at radius 2 is 2.24 bits per heavy atom. The molecule has 0 atom stereocenters. The SMILES string of the molecule is COc1cccc2c(C3CC3)cc(C=O)nc12. The summed E-state index contributed by atoms with van der Waals surface area (Å²) in [5.74, 6) is 1.32. The van der Waals surface area contributed by atoms with Crippen LogP contribution in [0.15, 0.2) is 24.3 Å². The number of methoxy groups -OCH3 is 1. The maximum Gasteiger partial charge on any atom is 0.168 e. The maximum absolute atomic E-state index is 10.9. The van der Waals surface area contributed by atoms with Gasteiger partial charge in [0.15, 0.2) is 6.29 Å². The zero-order chi connectivity index (χ0) is 11.8. The third kappa shape index (κ3) is 1.68. The van der Waals surface area contributed by atoms with E-state index in [4.69, 9.17) is 4.74 Å². The van der Waals surface area contributed by atoms with Crippen molar-refractivity contribution in [3.05, 3.63) is 35.5 Å². The van der Waals surface area contributed by atoms with Crippen LogP contribution >= 0.6 is 0 Å². The fraction of sp³-hybridized carbons (Fsp3) is 0.286. The quantitative estimate of drug-likeness (QED) is 0.757. The molecule has 0 aliphatic heterocycles. The molecule has 3 rings (SSSR count). The predicted molar refractivity (Wildman–Crippen MR) is 65.7 cm³/mol. The van der Waals surface area contributed by atoms with Gasteiger partial charge in [0.25, 0.3) is 0 Å². The van der Waals surface area contributed by atoms with Crippen molar-refractivity contribution in [1.29, 1.82) is 0 Å². The molecule has 1 saturated carbocycles. The number of rotatable bonds is 3. The summed E-state index contributed by atoms with van der Waals surface area (Å²) >= 11 is 0. The van der Waals surface area contributed by atoms with Crippen LogP contribution in [0.25, 0.3) is 10.9 Å². The standard InChI is InChI=1S/C14H13NO2/c1-17-13-4-2-3-11-12(9-5-6-9)7-10(8-16)15-14(11)13/h2-4,7-9H,5-6H2,1H3. The minimum absolute atomic E-state index is 0.490. The Morgan fingerprint density at radius 1 is 1.41 bits per heavy atom. The summed E-state index contributed by atoms with van der Waals surface area (Å²) in [6, 6.07) is 7.80. The van der Waals surface area contributed by atoms with Crippen LogP contribution in [0.4, 0.5) is 0 Å². The van der Waals surface area contributed by atoms with Gasteiger partial charge in [0.1, 0.15) is 17.0 Å². The average molecular weight is 227 g/mol. The van der Waals surface area contributed by atoms with Crippen LogP contribution in [0.1, 0.15) is 34.8 Å². The van der Waals surface area contributed by atoms with Crippen LogP contribution in [-0.4, -0.2) is 18.4 Å². The van der Waals surface area contributed by atoms with Crippen molar-refractivity contribution in [3.63, 3.8) is 0 Å². The third-order valence-corrected chi connectivity index (χ3v) is 3.21. The summed E-state index contributed by atoms with van der Waals surface area (Å²) in [4.78, 5) is 15.3. The third-order valence-electron chi connectivity index (χ3n) is 3.21. The van der Waals surface area contributed by atoms with E-state index in [1.165, 1.54) is 18.4 Å². The first-order valence-corrected chi connectivity index (χ1v) is 5.76. The molecule has 0 radical (unpaired) electrons. The second-order valence-corrected chi connectivity index (χ2v) is 4.38. The van der Waals surface area contributed by atoms with E-state index in [-0.39, 0.29) is 0 Å². The smallest absolute Gasteiger partial charge is 0.168 e. The summed E-state index contributed by atoms with van der Waals surface area (Å²) in [7, 11) is 1.63. The molecule has 0 amide bonds. The summed E-state index contributed by atoms with van der Waals surface area (Å²) in [5.41, 5.74) is 2.52. The van der Waals surface area contributed by atoms with Crippen molar-refractivity contribution in [2.24, 2.45) is 0 Å². The normalized spacial score (nSPS) is 14.9. The average Bonchev–Trinajstić information content (AvgIpc) is 3.20. The van der Waals surface area contributed by atoms with E-state index < -0.39 is 0 Å². The van der Waals surface area contributed by atoms with E-state index in [9.17, 15) is 4.79 Å². The van der Waals surface area contributed by atoms with Crippen molar-refractivity contribution >= 4 is 17.2 Å². The fourth-order valence-electron chi connectivity index (χ4n) is 2.23. The molecule has 1 aromatic carbocycles. The molecule has 3 heteroatoms. The Labute approximate surface area is 99.4 Å². The first kappa shape index (κ1) is 10.3. The fourth-order valence-corrected chi connectivity index (χ4v) is 2.23. The number of hydrogen-bond acceptors (Lipinski definition) is 3. The van der Waals surface area contributed by atoms with Gasteiger partial charge in [0.05, 0.1) is 7.11 Å². The Morgan fingerprint density at radius 3 is 2.88 bits per heavy atom. The molecule has 0 unspecified atom stereocenters. The highest BCUT2D eigenvalue weighted by atomic mass is 16.5. The number of ether oxygens (including phenoxy) is 1. The number of aromatic nitrogens is 1. The lowest BCUT2D eigenvalue weighted by Crippen LogP contribution is -1.95. The van der Waals surface area contributed by atoms with Gasteiger partial charge in [-0.2, -0.15) is 0 Å². The predicted octanol–water partition coefficient (Wildman–Crippen LogP) is 2.93. The second kappa shape index (κ2) is 3.84. The van der Waals surface area contributed by atoms with Crippen molar-refractivity contribution in [3.8, 4) is 5.75 Å². The number of carbonyl (C=O) groups is 1. The van der Waals surface area contributed by atoms with Crippen LogP contribution in [0.2, 0.25) is 0 Å². The van der Waals surface area contributed by atoms with Gasteiger partial charge in [-0.3, -0.25) is 4.79 Å². The lowest BCUT2D eigenvalue weighted by Gasteiger charge is -2.09. The number of benzene rings is 1. The zero-order valence-electron chi connectivity index (χ0n) is 9.64. The highest BCUT2D eigenvalue weighted by Crippen LogP contribution is 2.44. The highest BCUT2D eigenvalue weighted by Gasteiger charge is 2.26. The molecule has 1 aromatic heterocycles. The molecule has 1 fully saturated rings. The van der Waals surface area contributed by atoms with Crippen LogP contribution in [-0.2, 0) is 0 Å². The first-order chi connectivity index (χ1) is 8.33. The zero-order valence-corrected chi connectivity index (χ0v) is 9.64. The maximum atomic E-state index is 10.9. The van der Waals surface area contributed by atoms with Gasteiger partial charge in [-0.05, 0) is 36.5 Å². The van der Waals surface area contributed by atoms with Gasteiger partial charge in [0.2, 0.25) is 0 Å². The summed E-state index contributed by atoms with van der Waals surface area (Å²) in [6.07, 6.45) is 3.21. The van der Waals surface area contributed by atoms with Crippen LogP contribution in [0.5, 0.6) is 5.75 Å². The van der Waals surface area contributed by atoms with E-state index >= 15 is 0 Å². The van der Waals surface area contributed by atoms with Crippen molar-refractivity contribution in [2.45, 2.75) is 18.8 Å². The summed E-state index contributed by atoms with van der Waals surface area (Å²) in [6.45, 7) is 0. The number of para-hydroxylation sites is 1. The summed E-state index contributed by atoms with van der Waals surface area (Å²) < 4.78 is 5.30. The molecular weight excluding hydrogens is 214 g/mol. The molecule has 1 aliphatic carbocycles. The molecule has 0 bridgehead atoms. The number of aldehydes is 1. The molecule has 1 aliphatic rings. The minimum Gasteiger partial charge on any atom is -0.494 e. The molecule has 0 spiro atoms. The molecule has 17 heavy (non-hydrogen) atoms. The largest absolute Gasteiger partial charge is 0.494 e. The molecule has 86 valence electrons. The van der Waals surface area contributed by atoms with Crippen molar-refractivity contribution < 1.29 is 9.53 Å². The number of hydrogen-bond donors (Lipinski definition) is 0. The topological polar surface area (TPSA) is 39.2 Å². The van der Waals surface area contributed by atoms with Crippen LogP contribution in [0, 0.1) is 0 Å². The molecular formula is C14H13NO2. The van der Waals surface area contributed by atoms with E-state index in [1.54, 1.807) is 7.11 Å². The number of fused-ring (bicyclic) bond motifs is 1. The van der Waals surface area contributed by atoms with E-state index in [0.29, 0.717) is 11.6 Å². The Balaban J connectivity index is 2.34. The monoisotopic (exact) mass is 227 g/mol. The Hall–Kier alpha value is -1.90. The lowest BCUT2D eigenvalue weighted by atomic mass is 10.0. The van der Waals surface area contributed by atoms with Crippen molar-refractivity contribution in [2.75, 3.05) is 7.11 Å². The van der Waals surface area contributed by atoms with Gasteiger partial charge in [0, 0.05) is 5.39 Å². The minimum atomic E-state index is 0.490. The number of carbonyl (C=O) groups excluding carboxylic acids is 1. The van der Waals surface area contributed by atoms with Crippen LogP contribution in [0.3, 0.4) is 0 Å². The Kier molecular flexibility index (Phi) is 2.32. The molecule has 0 N–H and O–H groups in total. The van der Waals surface area contributed by atoms with Gasteiger partial charge in [-0.15, -0.1) is 0 Å². The summed E-state index contributed by atoms with van der Waals surface area (Å²) in [5, 5.41) is 1.11. The Bertz CT molecular complexity index is 588. The molecule has 3 nitrogen and oxygen atoms in total. The highest BCUT2D eigenvalue weighted by molar-refractivity contribution is 5.91. The molecule has 1 heterocycles. The van der Waals surface area contributed by atoms with E-state index in [2.05, 4.69) is 4.98 Å².